The molecule has 2 aromatic rings. The number of piperidine rings is 1. The maximum atomic E-state index is 12.4. The highest BCUT2D eigenvalue weighted by atomic mass is 16.2. The number of carbonyl (C=O) groups excluding carboxylic acids is 3. The summed E-state index contributed by atoms with van der Waals surface area (Å²) in [6, 6.07) is 14.6. The van der Waals surface area contributed by atoms with Crippen molar-refractivity contribution in [2.24, 2.45) is 0 Å². The van der Waals surface area contributed by atoms with Crippen molar-refractivity contribution in [2.75, 3.05) is 29.9 Å². The molecule has 28 heavy (non-hydrogen) atoms. The van der Waals surface area contributed by atoms with Crippen LogP contribution in [0.1, 0.15) is 46.4 Å². The molecule has 0 bridgehead atoms. The molecular formula is C22H23N3O3. The lowest BCUT2D eigenvalue weighted by molar-refractivity contribution is -0.116. The Morgan fingerprint density at radius 1 is 0.893 bits per heavy atom. The first-order chi connectivity index (χ1) is 13.6. The predicted octanol–water partition coefficient (Wildman–Crippen LogP) is 3.30. The van der Waals surface area contributed by atoms with Crippen LogP contribution in [-0.4, -0.2) is 42.3 Å². The number of nitrogens with zero attached hydrogens (tertiary/aromatic N) is 2. The van der Waals surface area contributed by atoms with Crippen molar-refractivity contribution in [1.29, 1.82) is 0 Å². The number of rotatable bonds is 5. The normalized spacial score (nSPS) is 16.3. The van der Waals surface area contributed by atoms with Crippen LogP contribution in [0.3, 0.4) is 0 Å². The second-order valence-corrected chi connectivity index (χ2v) is 7.20. The Labute approximate surface area is 164 Å². The fourth-order valence-corrected chi connectivity index (χ4v) is 3.81. The summed E-state index contributed by atoms with van der Waals surface area (Å²) in [4.78, 5) is 40.6. The van der Waals surface area contributed by atoms with Gasteiger partial charge in [0.2, 0.25) is 5.91 Å². The van der Waals surface area contributed by atoms with E-state index in [0.717, 1.165) is 29.4 Å². The van der Waals surface area contributed by atoms with Gasteiger partial charge in [0.25, 0.3) is 11.8 Å². The predicted molar refractivity (Wildman–Crippen MR) is 108 cm³/mol. The van der Waals surface area contributed by atoms with Crippen LogP contribution in [0, 0.1) is 0 Å². The molecule has 0 spiro atoms. The average Bonchev–Trinajstić information content (AvgIpc) is 2.98. The minimum Gasteiger partial charge on any atom is -0.371 e. The molecule has 2 aliphatic heterocycles. The number of anilines is 2. The number of nitrogens with one attached hydrogen (secondary N) is 1. The highest BCUT2D eigenvalue weighted by Crippen LogP contribution is 2.24. The lowest BCUT2D eigenvalue weighted by Gasteiger charge is -2.29. The average molecular weight is 377 g/mol. The van der Waals surface area contributed by atoms with Crippen LogP contribution in [-0.2, 0) is 4.79 Å². The van der Waals surface area contributed by atoms with Crippen molar-refractivity contribution >= 4 is 29.1 Å². The Morgan fingerprint density at radius 2 is 1.57 bits per heavy atom. The van der Waals surface area contributed by atoms with E-state index in [1.54, 1.807) is 24.3 Å². The Morgan fingerprint density at radius 3 is 2.25 bits per heavy atom. The maximum absolute atomic E-state index is 12.4. The third-order valence-electron chi connectivity index (χ3n) is 5.29. The summed E-state index contributed by atoms with van der Waals surface area (Å²) in [5.74, 6) is -0.881. The van der Waals surface area contributed by atoms with Crippen molar-refractivity contribution in [2.45, 2.75) is 25.7 Å². The van der Waals surface area contributed by atoms with Crippen molar-refractivity contribution in [3.05, 3.63) is 59.7 Å². The molecule has 6 heteroatoms. The lowest BCUT2D eigenvalue weighted by Crippen LogP contribution is -2.33. The quantitative estimate of drug-likeness (QED) is 0.812. The largest absolute Gasteiger partial charge is 0.371 e. The number of benzene rings is 2. The van der Waals surface area contributed by atoms with E-state index in [1.807, 2.05) is 18.2 Å². The Hall–Kier alpha value is -3.15. The van der Waals surface area contributed by atoms with E-state index < -0.39 is 0 Å². The van der Waals surface area contributed by atoms with Crippen molar-refractivity contribution in [3.63, 3.8) is 0 Å². The van der Waals surface area contributed by atoms with Crippen LogP contribution in [0.4, 0.5) is 11.4 Å². The van der Waals surface area contributed by atoms with Crippen LogP contribution >= 0.6 is 0 Å². The van der Waals surface area contributed by atoms with Crippen LogP contribution in [0.15, 0.2) is 48.5 Å². The van der Waals surface area contributed by atoms with Crippen LogP contribution in [0.2, 0.25) is 0 Å². The van der Waals surface area contributed by atoms with Gasteiger partial charge in [-0.05, 0) is 49.6 Å². The number of hydrogen-bond donors (Lipinski definition) is 1. The molecule has 6 nitrogen and oxygen atoms in total. The first-order valence-corrected chi connectivity index (χ1v) is 9.73. The number of carbonyl (C=O) groups is 3. The van der Waals surface area contributed by atoms with E-state index >= 15 is 0 Å². The van der Waals surface area contributed by atoms with E-state index in [-0.39, 0.29) is 30.7 Å². The van der Waals surface area contributed by atoms with Gasteiger partial charge in [-0.1, -0.05) is 18.2 Å². The Balaban J connectivity index is 1.35. The molecule has 4 rings (SSSR count). The molecule has 0 aliphatic carbocycles. The molecule has 2 aromatic carbocycles. The molecule has 144 valence electrons. The summed E-state index contributed by atoms with van der Waals surface area (Å²) < 4.78 is 0. The molecule has 2 heterocycles. The van der Waals surface area contributed by atoms with Crippen LogP contribution in [0.25, 0.3) is 0 Å². The summed E-state index contributed by atoms with van der Waals surface area (Å²) in [5, 5.41) is 2.88. The van der Waals surface area contributed by atoms with E-state index in [0.29, 0.717) is 11.1 Å². The first-order valence-electron chi connectivity index (χ1n) is 9.73. The molecule has 0 unspecified atom stereocenters. The van der Waals surface area contributed by atoms with Crippen molar-refractivity contribution < 1.29 is 14.4 Å². The van der Waals surface area contributed by atoms with Crippen LogP contribution in [0.5, 0.6) is 0 Å². The zero-order chi connectivity index (χ0) is 19.5. The molecule has 0 aromatic heterocycles. The Bertz CT molecular complexity index is 884. The summed E-state index contributed by atoms with van der Waals surface area (Å²) in [5.41, 5.74) is 2.65. The van der Waals surface area contributed by atoms with E-state index in [9.17, 15) is 14.4 Å². The first kappa shape index (κ1) is 18.2. The number of imide groups is 1. The minimum atomic E-state index is -0.333. The second-order valence-electron chi connectivity index (χ2n) is 7.20. The molecule has 1 saturated heterocycles. The number of fused-ring (bicyclic) bond motifs is 1. The molecular weight excluding hydrogens is 354 g/mol. The van der Waals surface area contributed by atoms with Gasteiger partial charge in [0, 0.05) is 37.4 Å². The van der Waals surface area contributed by atoms with Gasteiger partial charge in [0.05, 0.1) is 11.1 Å². The number of amides is 3. The summed E-state index contributed by atoms with van der Waals surface area (Å²) in [6.45, 7) is 2.15. The van der Waals surface area contributed by atoms with Gasteiger partial charge in [-0.25, -0.2) is 0 Å². The summed E-state index contributed by atoms with van der Waals surface area (Å²) >= 11 is 0. The molecule has 0 atom stereocenters. The fourth-order valence-electron chi connectivity index (χ4n) is 3.81. The molecule has 1 N–H and O–H groups in total. The van der Waals surface area contributed by atoms with Gasteiger partial charge in [-0.3, -0.25) is 19.3 Å². The third-order valence-corrected chi connectivity index (χ3v) is 5.29. The van der Waals surface area contributed by atoms with Gasteiger partial charge >= 0.3 is 0 Å². The highest BCUT2D eigenvalue weighted by Gasteiger charge is 2.34. The van der Waals surface area contributed by atoms with Gasteiger partial charge in [-0.2, -0.15) is 0 Å². The van der Waals surface area contributed by atoms with Gasteiger partial charge in [0.15, 0.2) is 0 Å². The second kappa shape index (κ2) is 7.84. The number of hydrogen-bond acceptors (Lipinski definition) is 4. The van der Waals surface area contributed by atoms with Crippen molar-refractivity contribution in [1.82, 2.24) is 4.90 Å². The smallest absolute Gasteiger partial charge is 0.261 e. The standard InChI is InChI=1S/C22H23N3O3/c26-20(11-14-25-21(27)18-9-2-3-10-19(18)22(25)28)23-16-7-6-8-17(15-16)24-12-4-1-5-13-24/h2-3,6-10,15H,1,4-5,11-14H2,(H,23,26). The van der Waals surface area contributed by atoms with E-state index in [4.69, 9.17) is 0 Å². The molecule has 1 fully saturated rings. The SMILES string of the molecule is O=C(CCN1C(=O)c2ccccc2C1=O)Nc1cccc(N2CCCCC2)c1. The zero-order valence-corrected chi connectivity index (χ0v) is 15.7. The molecule has 3 amide bonds. The summed E-state index contributed by atoms with van der Waals surface area (Å²) in [6.07, 6.45) is 3.72. The minimum absolute atomic E-state index is 0.0689. The highest BCUT2D eigenvalue weighted by molar-refractivity contribution is 6.21. The fraction of sp³-hybridized carbons (Fsp3) is 0.318. The van der Waals surface area contributed by atoms with E-state index in [1.165, 1.54) is 19.3 Å². The monoisotopic (exact) mass is 377 g/mol. The third kappa shape index (κ3) is 3.63. The van der Waals surface area contributed by atoms with Gasteiger partial charge < -0.3 is 10.2 Å². The van der Waals surface area contributed by atoms with Gasteiger partial charge in [-0.15, -0.1) is 0 Å². The molecule has 0 saturated carbocycles. The lowest BCUT2D eigenvalue weighted by atomic mass is 10.1. The molecule has 2 aliphatic rings. The van der Waals surface area contributed by atoms with Gasteiger partial charge in [0.1, 0.15) is 0 Å². The Kier molecular flexibility index (Phi) is 5.10. The van der Waals surface area contributed by atoms with E-state index in [2.05, 4.69) is 16.3 Å². The maximum Gasteiger partial charge on any atom is 0.261 e. The topological polar surface area (TPSA) is 69.7 Å². The van der Waals surface area contributed by atoms with Crippen LogP contribution < -0.4 is 10.2 Å². The molecule has 0 radical (unpaired) electrons. The van der Waals surface area contributed by atoms with Crippen molar-refractivity contribution in [3.8, 4) is 0 Å². The summed E-state index contributed by atoms with van der Waals surface area (Å²) in [7, 11) is 0. The zero-order valence-electron chi connectivity index (χ0n) is 15.7.